The summed E-state index contributed by atoms with van der Waals surface area (Å²) in [6.07, 6.45) is 0. The topological polar surface area (TPSA) is 80.5 Å². The summed E-state index contributed by atoms with van der Waals surface area (Å²) in [5.74, 6) is -0.132. The molecule has 6 nitrogen and oxygen atoms in total. The Balaban J connectivity index is 1.79. The van der Waals surface area contributed by atoms with Crippen molar-refractivity contribution in [3.63, 3.8) is 0 Å². The molecular weight excluding hydrogens is 276 g/mol. The molecule has 1 aliphatic rings. The molecule has 0 radical (unpaired) electrons. The molecule has 1 aromatic rings. The van der Waals surface area contributed by atoms with Crippen LogP contribution in [-0.4, -0.2) is 54.2 Å². The normalized spacial score (nSPS) is 18.9. The van der Waals surface area contributed by atoms with Crippen LogP contribution >= 0.6 is 11.3 Å². The first-order chi connectivity index (χ1) is 9.53. The minimum atomic E-state index is -0.132. The fourth-order valence-corrected chi connectivity index (χ4v) is 2.86. The summed E-state index contributed by atoms with van der Waals surface area (Å²) >= 11 is 1.42. The second kappa shape index (κ2) is 6.62. The zero-order valence-electron chi connectivity index (χ0n) is 12.0. The Bertz CT molecular complexity index is 461. The number of morpholine rings is 1. The van der Waals surface area contributed by atoms with Crippen molar-refractivity contribution in [1.29, 1.82) is 0 Å². The molecule has 1 fully saturated rings. The van der Waals surface area contributed by atoms with Gasteiger partial charge in [0, 0.05) is 37.1 Å². The highest BCUT2D eigenvalue weighted by Gasteiger charge is 2.29. The molecule has 7 heteroatoms. The van der Waals surface area contributed by atoms with Crippen LogP contribution in [0.4, 0.5) is 0 Å². The number of rotatable bonds is 5. The van der Waals surface area contributed by atoms with Gasteiger partial charge >= 0.3 is 0 Å². The van der Waals surface area contributed by atoms with Gasteiger partial charge in [-0.3, -0.25) is 9.69 Å². The molecule has 2 heterocycles. The molecule has 0 unspecified atom stereocenters. The van der Waals surface area contributed by atoms with Crippen molar-refractivity contribution in [2.75, 3.05) is 32.8 Å². The van der Waals surface area contributed by atoms with Gasteiger partial charge in [0.05, 0.1) is 13.2 Å². The van der Waals surface area contributed by atoms with Crippen LogP contribution in [0.25, 0.3) is 0 Å². The van der Waals surface area contributed by atoms with E-state index in [1.54, 1.807) is 5.38 Å². The highest BCUT2D eigenvalue weighted by molar-refractivity contribution is 7.09. The van der Waals surface area contributed by atoms with E-state index in [0.29, 0.717) is 18.8 Å². The van der Waals surface area contributed by atoms with E-state index in [9.17, 15) is 4.79 Å². The lowest BCUT2D eigenvalue weighted by atomic mass is 10.0. The van der Waals surface area contributed by atoms with Gasteiger partial charge in [-0.05, 0) is 13.8 Å². The molecule has 20 heavy (non-hydrogen) atoms. The fraction of sp³-hybridized carbons (Fsp3) is 0.692. The summed E-state index contributed by atoms with van der Waals surface area (Å²) in [5, 5.41) is 5.43. The summed E-state index contributed by atoms with van der Waals surface area (Å²) < 4.78 is 5.48. The molecule has 0 bridgehead atoms. The third kappa shape index (κ3) is 3.76. The standard InChI is InChI=1S/C13H22N4O2S/c1-13(2)9-19-6-5-17(13)4-3-15-12(18)10-8-20-11(7-14)16-10/h8H,3-7,9,14H2,1-2H3,(H,15,18). The molecule has 0 saturated carbocycles. The Labute approximate surface area is 123 Å². The Hall–Kier alpha value is -1.02. The van der Waals surface area contributed by atoms with Gasteiger partial charge in [0.15, 0.2) is 0 Å². The molecule has 0 aromatic carbocycles. The maximum atomic E-state index is 11.9. The molecule has 1 aliphatic heterocycles. The molecule has 0 spiro atoms. The molecule has 3 N–H and O–H groups in total. The van der Waals surface area contributed by atoms with E-state index >= 15 is 0 Å². The molecule has 1 amide bonds. The average Bonchev–Trinajstić information content (AvgIpc) is 2.89. The highest BCUT2D eigenvalue weighted by atomic mass is 32.1. The van der Waals surface area contributed by atoms with Gasteiger partial charge in [-0.15, -0.1) is 11.3 Å². The summed E-state index contributed by atoms with van der Waals surface area (Å²) in [5.41, 5.74) is 5.97. The van der Waals surface area contributed by atoms with Gasteiger partial charge in [-0.25, -0.2) is 4.98 Å². The minimum absolute atomic E-state index is 0.0241. The van der Waals surface area contributed by atoms with Crippen LogP contribution in [0, 0.1) is 0 Å². The number of nitrogens with two attached hydrogens (primary N) is 1. The van der Waals surface area contributed by atoms with E-state index in [2.05, 4.69) is 29.0 Å². The third-order valence-corrected chi connectivity index (χ3v) is 4.31. The molecule has 1 saturated heterocycles. The van der Waals surface area contributed by atoms with E-state index in [1.807, 2.05) is 0 Å². The predicted molar refractivity (Wildman–Crippen MR) is 78.8 cm³/mol. The number of amides is 1. The second-order valence-electron chi connectivity index (χ2n) is 5.44. The van der Waals surface area contributed by atoms with Crippen LogP contribution in [0.2, 0.25) is 0 Å². The summed E-state index contributed by atoms with van der Waals surface area (Å²) in [6, 6.07) is 0. The smallest absolute Gasteiger partial charge is 0.270 e. The van der Waals surface area contributed by atoms with E-state index in [0.717, 1.165) is 31.3 Å². The van der Waals surface area contributed by atoms with Gasteiger partial charge in [-0.2, -0.15) is 0 Å². The monoisotopic (exact) mass is 298 g/mol. The van der Waals surface area contributed by atoms with E-state index < -0.39 is 0 Å². The van der Waals surface area contributed by atoms with E-state index in [-0.39, 0.29) is 11.4 Å². The lowest BCUT2D eigenvalue weighted by Gasteiger charge is -2.42. The number of carbonyl (C=O) groups is 1. The van der Waals surface area contributed by atoms with Crippen LogP contribution in [0.15, 0.2) is 5.38 Å². The first kappa shape index (κ1) is 15.4. The SMILES string of the molecule is CC1(C)COCCN1CCNC(=O)c1csc(CN)n1. The molecular formula is C13H22N4O2S. The molecule has 0 atom stereocenters. The number of ether oxygens (including phenoxy) is 1. The first-order valence-corrected chi connectivity index (χ1v) is 7.66. The Kier molecular flexibility index (Phi) is 5.09. The maximum absolute atomic E-state index is 11.9. The Morgan fingerprint density at radius 2 is 2.45 bits per heavy atom. The summed E-state index contributed by atoms with van der Waals surface area (Å²) in [4.78, 5) is 18.4. The zero-order chi connectivity index (χ0) is 14.6. The maximum Gasteiger partial charge on any atom is 0.270 e. The number of aromatic nitrogens is 1. The van der Waals surface area contributed by atoms with Crippen LogP contribution in [0.1, 0.15) is 29.3 Å². The number of nitrogens with one attached hydrogen (secondary N) is 1. The summed E-state index contributed by atoms with van der Waals surface area (Å²) in [7, 11) is 0. The quantitative estimate of drug-likeness (QED) is 0.824. The minimum Gasteiger partial charge on any atom is -0.378 e. The van der Waals surface area contributed by atoms with Crippen molar-refractivity contribution in [3.8, 4) is 0 Å². The van der Waals surface area contributed by atoms with Crippen molar-refractivity contribution in [1.82, 2.24) is 15.2 Å². The van der Waals surface area contributed by atoms with Crippen molar-refractivity contribution >= 4 is 17.2 Å². The average molecular weight is 298 g/mol. The summed E-state index contributed by atoms with van der Waals surface area (Å²) in [6.45, 7) is 8.49. The van der Waals surface area contributed by atoms with Gasteiger partial charge in [-0.1, -0.05) is 0 Å². The Morgan fingerprint density at radius 3 is 3.10 bits per heavy atom. The molecule has 112 valence electrons. The van der Waals surface area contributed by atoms with Gasteiger partial charge < -0.3 is 15.8 Å². The first-order valence-electron chi connectivity index (χ1n) is 6.78. The fourth-order valence-electron chi connectivity index (χ4n) is 2.21. The highest BCUT2D eigenvalue weighted by Crippen LogP contribution is 2.17. The second-order valence-corrected chi connectivity index (χ2v) is 6.38. The van der Waals surface area contributed by atoms with Crippen LogP contribution in [0.5, 0.6) is 0 Å². The molecule has 1 aromatic heterocycles. The zero-order valence-corrected chi connectivity index (χ0v) is 12.8. The van der Waals surface area contributed by atoms with E-state index in [4.69, 9.17) is 10.5 Å². The number of hydrogen-bond donors (Lipinski definition) is 2. The Morgan fingerprint density at radius 1 is 1.65 bits per heavy atom. The molecule has 2 rings (SSSR count). The lowest BCUT2D eigenvalue weighted by Crippen LogP contribution is -2.54. The van der Waals surface area contributed by atoms with Gasteiger partial charge in [0.1, 0.15) is 10.7 Å². The number of nitrogens with zero attached hydrogens (tertiary/aromatic N) is 2. The van der Waals surface area contributed by atoms with Crippen LogP contribution < -0.4 is 11.1 Å². The third-order valence-electron chi connectivity index (χ3n) is 3.44. The van der Waals surface area contributed by atoms with Crippen molar-refractivity contribution in [3.05, 3.63) is 16.1 Å². The van der Waals surface area contributed by atoms with Crippen molar-refractivity contribution < 1.29 is 9.53 Å². The van der Waals surface area contributed by atoms with Crippen LogP contribution in [-0.2, 0) is 11.3 Å². The van der Waals surface area contributed by atoms with Gasteiger partial charge in [0.25, 0.3) is 5.91 Å². The van der Waals surface area contributed by atoms with Gasteiger partial charge in [0.2, 0.25) is 0 Å². The molecule has 0 aliphatic carbocycles. The number of carbonyl (C=O) groups excluding carboxylic acids is 1. The largest absolute Gasteiger partial charge is 0.378 e. The number of hydrogen-bond acceptors (Lipinski definition) is 6. The van der Waals surface area contributed by atoms with Crippen molar-refractivity contribution in [2.24, 2.45) is 5.73 Å². The van der Waals surface area contributed by atoms with Crippen molar-refractivity contribution in [2.45, 2.75) is 25.9 Å². The number of thiazole rings is 1. The van der Waals surface area contributed by atoms with E-state index in [1.165, 1.54) is 11.3 Å². The lowest BCUT2D eigenvalue weighted by molar-refractivity contribution is -0.0498. The van der Waals surface area contributed by atoms with Crippen LogP contribution in [0.3, 0.4) is 0 Å². The predicted octanol–water partition coefficient (Wildman–Crippen LogP) is 0.442.